The van der Waals surface area contributed by atoms with Crippen LogP contribution in [-0.2, 0) is 4.74 Å². The van der Waals surface area contributed by atoms with Gasteiger partial charge in [-0.25, -0.2) is 9.59 Å². The predicted molar refractivity (Wildman–Crippen MR) is 113 cm³/mol. The normalized spacial score (nSPS) is 15.5. The van der Waals surface area contributed by atoms with Gasteiger partial charge in [0, 0.05) is 28.4 Å². The molecule has 154 valence electrons. The van der Waals surface area contributed by atoms with Crippen LogP contribution in [0.3, 0.4) is 0 Å². The van der Waals surface area contributed by atoms with E-state index >= 15 is 0 Å². The van der Waals surface area contributed by atoms with Gasteiger partial charge in [0.15, 0.2) is 0 Å². The van der Waals surface area contributed by atoms with Crippen LogP contribution in [0.2, 0.25) is 5.02 Å². The minimum atomic E-state index is -0.592. The van der Waals surface area contributed by atoms with Crippen LogP contribution in [-0.4, -0.2) is 24.3 Å². The fourth-order valence-electron chi connectivity index (χ4n) is 2.90. The molecule has 0 aliphatic carbocycles. The number of fused-ring (bicyclic) bond motifs is 1. The molecule has 0 saturated heterocycles. The van der Waals surface area contributed by atoms with Gasteiger partial charge < -0.3 is 20.1 Å². The molecule has 1 aliphatic rings. The molecule has 2 aromatic rings. The number of carbonyl (C=O) groups excluding carboxylic acids is 2. The molecule has 2 aromatic carbocycles. The van der Waals surface area contributed by atoms with Gasteiger partial charge >= 0.3 is 12.1 Å². The molecule has 1 heterocycles. The highest BCUT2D eigenvalue weighted by atomic mass is 35.5. The van der Waals surface area contributed by atoms with Crippen molar-refractivity contribution < 1.29 is 19.1 Å². The number of rotatable bonds is 3. The van der Waals surface area contributed by atoms with E-state index in [1.807, 2.05) is 0 Å². The molecule has 7 nitrogen and oxygen atoms in total. The number of hydrogen-bond acceptors (Lipinski definition) is 4. The van der Waals surface area contributed by atoms with E-state index in [0.29, 0.717) is 35.2 Å². The summed E-state index contributed by atoms with van der Waals surface area (Å²) in [4.78, 5) is 24.4. The maximum Gasteiger partial charge on any atom is 0.412 e. The molecule has 0 bridgehead atoms. The highest BCUT2D eigenvalue weighted by Gasteiger charge is 2.24. The highest BCUT2D eigenvalue weighted by molar-refractivity contribution is 6.30. The summed E-state index contributed by atoms with van der Waals surface area (Å²) in [5.74, 6) is 0.669. The van der Waals surface area contributed by atoms with Gasteiger partial charge in [-0.1, -0.05) is 11.6 Å². The molecular weight excluding hydrogens is 394 g/mol. The highest BCUT2D eigenvalue weighted by Crippen LogP contribution is 2.34. The SMILES string of the molecule is CC(C)(C)OC(=O)Nc1ccc2c(c1)[C@H](NC(=O)Nc1ccc(Cl)cc1)CCO2. The predicted octanol–water partition coefficient (Wildman–Crippen LogP) is 5.33. The number of carbonyl (C=O) groups is 2. The van der Waals surface area contributed by atoms with Crippen LogP contribution in [0.1, 0.15) is 38.8 Å². The third-order valence-electron chi connectivity index (χ3n) is 4.10. The van der Waals surface area contributed by atoms with Crippen molar-refractivity contribution in [1.82, 2.24) is 5.32 Å². The van der Waals surface area contributed by atoms with Crippen LogP contribution in [0.15, 0.2) is 42.5 Å². The van der Waals surface area contributed by atoms with Crippen molar-refractivity contribution in [2.45, 2.75) is 38.8 Å². The number of urea groups is 1. The Morgan fingerprint density at radius 3 is 2.45 bits per heavy atom. The molecule has 1 atom stereocenters. The number of hydrogen-bond donors (Lipinski definition) is 3. The van der Waals surface area contributed by atoms with E-state index < -0.39 is 11.7 Å². The Kier molecular flexibility index (Phi) is 6.17. The number of amides is 3. The molecular formula is C21H24ClN3O4. The number of ether oxygens (including phenoxy) is 2. The minimum Gasteiger partial charge on any atom is -0.493 e. The van der Waals surface area contributed by atoms with Crippen molar-refractivity contribution in [3.63, 3.8) is 0 Å². The Bertz CT molecular complexity index is 894. The van der Waals surface area contributed by atoms with Gasteiger partial charge in [0.1, 0.15) is 11.4 Å². The lowest BCUT2D eigenvalue weighted by atomic mass is 10.00. The molecule has 0 aromatic heterocycles. The second-order valence-electron chi connectivity index (χ2n) is 7.67. The van der Waals surface area contributed by atoms with Gasteiger partial charge in [0.2, 0.25) is 0 Å². The maximum absolute atomic E-state index is 12.4. The second-order valence-corrected chi connectivity index (χ2v) is 8.11. The monoisotopic (exact) mass is 417 g/mol. The smallest absolute Gasteiger partial charge is 0.412 e. The van der Waals surface area contributed by atoms with Gasteiger partial charge in [-0.15, -0.1) is 0 Å². The summed E-state index contributed by atoms with van der Waals surface area (Å²) in [7, 11) is 0. The second kappa shape index (κ2) is 8.61. The summed E-state index contributed by atoms with van der Waals surface area (Å²) in [5.41, 5.74) is 1.40. The van der Waals surface area contributed by atoms with Crippen LogP contribution in [0, 0.1) is 0 Å². The molecule has 3 rings (SSSR count). The van der Waals surface area contributed by atoms with E-state index in [1.54, 1.807) is 63.2 Å². The lowest BCUT2D eigenvalue weighted by Crippen LogP contribution is -2.35. The van der Waals surface area contributed by atoms with Gasteiger partial charge in [-0.2, -0.15) is 0 Å². The first-order valence-electron chi connectivity index (χ1n) is 9.29. The average Bonchev–Trinajstić information content (AvgIpc) is 2.62. The van der Waals surface area contributed by atoms with Gasteiger partial charge in [0.25, 0.3) is 0 Å². The lowest BCUT2D eigenvalue weighted by Gasteiger charge is -2.27. The van der Waals surface area contributed by atoms with Crippen LogP contribution >= 0.6 is 11.6 Å². The summed E-state index contributed by atoms with van der Waals surface area (Å²) in [6, 6.07) is 11.6. The first-order chi connectivity index (χ1) is 13.7. The third kappa shape index (κ3) is 6.02. The number of anilines is 2. The number of nitrogens with one attached hydrogen (secondary N) is 3. The van der Waals surface area contributed by atoms with Gasteiger partial charge in [0.05, 0.1) is 12.6 Å². The maximum atomic E-state index is 12.4. The van der Waals surface area contributed by atoms with E-state index in [9.17, 15) is 9.59 Å². The standard InChI is InChI=1S/C21H24ClN3O4/c1-21(2,3)29-20(27)24-15-8-9-18-16(12-15)17(10-11-28-18)25-19(26)23-14-6-4-13(22)5-7-14/h4-9,12,17H,10-11H2,1-3H3,(H,24,27)(H2,23,25,26)/t17-/m1/s1. The van der Waals surface area contributed by atoms with Crippen molar-refractivity contribution in [3.8, 4) is 5.75 Å². The molecule has 0 radical (unpaired) electrons. The van der Waals surface area contributed by atoms with Gasteiger partial charge in [-0.05, 0) is 63.2 Å². The zero-order valence-corrected chi connectivity index (χ0v) is 17.3. The Morgan fingerprint density at radius 2 is 1.76 bits per heavy atom. The van der Waals surface area contributed by atoms with E-state index in [2.05, 4.69) is 16.0 Å². The number of benzene rings is 2. The Labute approximate surface area is 174 Å². The van der Waals surface area contributed by atoms with Crippen LogP contribution < -0.4 is 20.7 Å². The molecule has 8 heteroatoms. The van der Waals surface area contributed by atoms with Crippen molar-refractivity contribution in [2.24, 2.45) is 0 Å². The molecule has 0 unspecified atom stereocenters. The lowest BCUT2D eigenvalue weighted by molar-refractivity contribution is 0.0636. The summed E-state index contributed by atoms with van der Waals surface area (Å²) in [5, 5.41) is 9.04. The summed E-state index contributed by atoms with van der Waals surface area (Å²) in [6.45, 7) is 5.88. The molecule has 3 amide bonds. The largest absolute Gasteiger partial charge is 0.493 e. The number of halogens is 1. The first kappa shape index (κ1) is 20.8. The van der Waals surface area contributed by atoms with E-state index in [1.165, 1.54) is 0 Å². The van der Waals surface area contributed by atoms with E-state index in [4.69, 9.17) is 21.1 Å². The Hall–Kier alpha value is -2.93. The molecule has 3 N–H and O–H groups in total. The molecule has 0 fully saturated rings. The minimum absolute atomic E-state index is 0.258. The first-order valence-corrected chi connectivity index (χ1v) is 9.67. The molecule has 0 saturated carbocycles. The van der Waals surface area contributed by atoms with Crippen molar-refractivity contribution in [2.75, 3.05) is 17.2 Å². The van der Waals surface area contributed by atoms with Crippen molar-refractivity contribution in [3.05, 3.63) is 53.1 Å². The third-order valence-corrected chi connectivity index (χ3v) is 4.35. The fraction of sp³-hybridized carbons (Fsp3) is 0.333. The summed E-state index contributed by atoms with van der Waals surface area (Å²) in [6.07, 6.45) is 0.0656. The van der Waals surface area contributed by atoms with Crippen molar-refractivity contribution in [1.29, 1.82) is 0 Å². The molecule has 29 heavy (non-hydrogen) atoms. The van der Waals surface area contributed by atoms with Crippen molar-refractivity contribution >= 4 is 35.1 Å². The topological polar surface area (TPSA) is 88.7 Å². The quantitative estimate of drug-likeness (QED) is 0.629. The van der Waals surface area contributed by atoms with E-state index in [-0.39, 0.29) is 12.1 Å². The Balaban J connectivity index is 1.69. The fourth-order valence-corrected chi connectivity index (χ4v) is 3.03. The average molecular weight is 418 g/mol. The summed E-state index contributed by atoms with van der Waals surface area (Å²) < 4.78 is 11.0. The zero-order valence-electron chi connectivity index (χ0n) is 16.5. The summed E-state index contributed by atoms with van der Waals surface area (Å²) >= 11 is 5.87. The van der Waals surface area contributed by atoms with E-state index in [0.717, 1.165) is 5.56 Å². The van der Waals surface area contributed by atoms with Gasteiger partial charge in [-0.3, -0.25) is 5.32 Å². The Morgan fingerprint density at radius 1 is 1.07 bits per heavy atom. The molecule has 0 spiro atoms. The van der Waals surface area contributed by atoms with Crippen LogP contribution in [0.4, 0.5) is 21.0 Å². The zero-order chi connectivity index (χ0) is 21.0. The molecule has 1 aliphatic heterocycles. The van der Waals surface area contributed by atoms with Crippen LogP contribution in [0.25, 0.3) is 0 Å². The van der Waals surface area contributed by atoms with Crippen LogP contribution in [0.5, 0.6) is 5.75 Å².